The Morgan fingerprint density at radius 3 is 2.68 bits per heavy atom. The third-order valence-corrected chi connectivity index (χ3v) is 5.12. The Balaban J connectivity index is 1.55. The molecule has 0 radical (unpaired) electrons. The van der Waals surface area contributed by atoms with Crippen LogP contribution in [0.5, 0.6) is 0 Å². The second kappa shape index (κ2) is 8.64. The Hall–Kier alpha value is -2.55. The highest BCUT2D eigenvalue weighted by molar-refractivity contribution is 9.10. The molecule has 1 aliphatic heterocycles. The molecule has 2 aromatic carbocycles. The molecule has 3 aromatic rings. The van der Waals surface area contributed by atoms with E-state index < -0.39 is 0 Å². The van der Waals surface area contributed by atoms with Crippen LogP contribution in [0.2, 0.25) is 0 Å². The standard InChI is InChI=1S/C20H20BrN5O2/c21-15-6-7-17-16(12-15)19(14-4-2-1-3-5-14)23-20(22-17)25-24-18(27)13-26-8-10-28-11-9-26/h1-7,12H,8-11,13H2,(H,24,27)(H,22,23,25)/p+1. The number of carbonyl (C=O) groups is 1. The van der Waals surface area contributed by atoms with E-state index in [1.165, 1.54) is 4.90 Å². The number of nitrogens with one attached hydrogen (secondary N) is 3. The van der Waals surface area contributed by atoms with E-state index in [9.17, 15) is 4.79 Å². The van der Waals surface area contributed by atoms with Gasteiger partial charge in [0.15, 0.2) is 6.54 Å². The van der Waals surface area contributed by atoms with Crippen LogP contribution in [0.15, 0.2) is 53.0 Å². The number of quaternary nitrogens is 1. The first-order valence-electron chi connectivity index (χ1n) is 9.18. The summed E-state index contributed by atoms with van der Waals surface area (Å²) >= 11 is 3.52. The zero-order valence-electron chi connectivity index (χ0n) is 15.2. The van der Waals surface area contributed by atoms with Gasteiger partial charge in [-0.1, -0.05) is 46.3 Å². The number of morpholine rings is 1. The van der Waals surface area contributed by atoms with E-state index in [0.717, 1.165) is 39.7 Å². The molecule has 7 nitrogen and oxygen atoms in total. The lowest BCUT2D eigenvalue weighted by Crippen LogP contribution is -3.15. The van der Waals surface area contributed by atoms with Crippen molar-refractivity contribution in [3.63, 3.8) is 0 Å². The number of hydrogen-bond acceptors (Lipinski definition) is 5. The third-order valence-electron chi connectivity index (χ3n) is 4.63. The number of halogens is 1. The van der Waals surface area contributed by atoms with Crippen LogP contribution in [-0.4, -0.2) is 48.7 Å². The van der Waals surface area contributed by atoms with Crippen LogP contribution in [0.1, 0.15) is 0 Å². The zero-order chi connectivity index (χ0) is 19.3. The molecule has 1 aliphatic rings. The lowest BCUT2D eigenvalue weighted by Gasteiger charge is -2.23. The van der Waals surface area contributed by atoms with E-state index in [1.807, 2.05) is 48.5 Å². The maximum atomic E-state index is 12.3. The molecule has 0 saturated carbocycles. The Morgan fingerprint density at radius 1 is 1.11 bits per heavy atom. The fourth-order valence-corrected chi connectivity index (χ4v) is 3.57. The van der Waals surface area contributed by atoms with Gasteiger partial charge in [-0.15, -0.1) is 0 Å². The number of aromatic nitrogens is 2. The maximum absolute atomic E-state index is 12.3. The molecule has 28 heavy (non-hydrogen) atoms. The first-order chi connectivity index (χ1) is 13.7. The first-order valence-corrected chi connectivity index (χ1v) is 9.97. The number of benzene rings is 2. The fourth-order valence-electron chi connectivity index (χ4n) is 3.21. The molecular weight excluding hydrogens is 422 g/mol. The van der Waals surface area contributed by atoms with E-state index in [0.29, 0.717) is 25.7 Å². The summed E-state index contributed by atoms with van der Waals surface area (Å²) in [5.41, 5.74) is 8.18. The minimum absolute atomic E-state index is 0.0994. The quantitative estimate of drug-likeness (QED) is 0.520. The summed E-state index contributed by atoms with van der Waals surface area (Å²) in [6.07, 6.45) is 0. The monoisotopic (exact) mass is 442 g/mol. The summed E-state index contributed by atoms with van der Waals surface area (Å²) in [6, 6.07) is 15.8. The predicted molar refractivity (Wildman–Crippen MR) is 111 cm³/mol. The van der Waals surface area contributed by atoms with Crippen molar-refractivity contribution in [2.75, 3.05) is 38.3 Å². The molecule has 1 amide bonds. The fraction of sp³-hybridized carbons (Fsp3) is 0.250. The van der Waals surface area contributed by atoms with Crippen LogP contribution in [0, 0.1) is 0 Å². The van der Waals surface area contributed by atoms with Gasteiger partial charge in [0.1, 0.15) is 13.1 Å². The summed E-state index contributed by atoms with van der Waals surface area (Å²) in [4.78, 5) is 22.6. The maximum Gasteiger partial charge on any atom is 0.293 e. The van der Waals surface area contributed by atoms with Crippen molar-refractivity contribution < 1.29 is 14.4 Å². The zero-order valence-corrected chi connectivity index (χ0v) is 16.8. The average Bonchev–Trinajstić information content (AvgIpc) is 2.73. The van der Waals surface area contributed by atoms with Crippen LogP contribution in [0.4, 0.5) is 5.95 Å². The number of nitrogens with zero attached hydrogens (tertiary/aromatic N) is 2. The molecule has 3 N–H and O–H groups in total. The van der Waals surface area contributed by atoms with E-state index in [1.54, 1.807) is 0 Å². The minimum Gasteiger partial charge on any atom is -0.370 e. The molecule has 1 saturated heterocycles. The van der Waals surface area contributed by atoms with Crippen LogP contribution in [0.3, 0.4) is 0 Å². The smallest absolute Gasteiger partial charge is 0.293 e. The van der Waals surface area contributed by atoms with Crippen molar-refractivity contribution in [3.8, 4) is 11.3 Å². The van der Waals surface area contributed by atoms with E-state index in [2.05, 4.69) is 36.7 Å². The van der Waals surface area contributed by atoms with Crippen molar-refractivity contribution in [1.82, 2.24) is 15.4 Å². The molecule has 1 fully saturated rings. The molecule has 8 heteroatoms. The van der Waals surface area contributed by atoms with E-state index in [4.69, 9.17) is 4.74 Å². The highest BCUT2D eigenvalue weighted by Gasteiger charge is 2.18. The van der Waals surface area contributed by atoms with Gasteiger partial charge in [-0.2, -0.15) is 0 Å². The minimum atomic E-state index is -0.0994. The molecular formula is C20H21BrN5O2+. The van der Waals surface area contributed by atoms with Gasteiger partial charge in [0, 0.05) is 15.4 Å². The lowest BCUT2D eigenvalue weighted by atomic mass is 10.1. The number of hydrogen-bond donors (Lipinski definition) is 3. The van der Waals surface area contributed by atoms with Crippen LogP contribution < -0.4 is 15.8 Å². The van der Waals surface area contributed by atoms with Crippen molar-refractivity contribution in [2.24, 2.45) is 0 Å². The summed E-state index contributed by atoms with van der Waals surface area (Å²) < 4.78 is 6.28. The molecule has 1 aromatic heterocycles. The van der Waals surface area contributed by atoms with E-state index >= 15 is 0 Å². The molecule has 2 heterocycles. The number of ether oxygens (including phenoxy) is 1. The normalized spacial score (nSPS) is 14.8. The number of hydrazine groups is 1. The Kier molecular flexibility index (Phi) is 5.80. The first kappa shape index (κ1) is 18.8. The largest absolute Gasteiger partial charge is 0.370 e. The van der Waals surface area contributed by atoms with Crippen molar-refractivity contribution >= 4 is 38.7 Å². The Morgan fingerprint density at radius 2 is 1.89 bits per heavy atom. The van der Waals surface area contributed by atoms with Gasteiger partial charge >= 0.3 is 0 Å². The summed E-state index contributed by atoms with van der Waals surface area (Å²) in [5.74, 6) is 0.261. The number of carbonyl (C=O) groups excluding carboxylic acids is 1. The van der Waals surface area contributed by atoms with Crippen LogP contribution >= 0.6 is 15.9 Å². The summed E-state index contributed by atoms with van der Waals surface area (Å²) in [5, 5.41) is 0.940. The van der Waals surface area contributed by atoms with Gasteiger partial charge in [0.05, 0.1) is 24.4 Å². The number of anilines is 1. The summed E-state index contributed by atoms with van der Waals surface area (Å²) in [6.45, 7) is 3.46. The highest BCUT2D eigenvalue weighted by Crippen LogP contribution is 2.29. The molecule has 0 spiro atoms. The molecule has 144 valence electrons. The predicted octanol–water partition coefficient (Wildman–Crippen LogP) is 1.42. The van der Waals surface area contributed by atoms with Crippen molar-refractivity contribution in [2.45, 2.75) is 0 Å². The molecule has 0 bridgehead atoms. The molecule has 4 rings (SSSR count). The summed E-state index contributed by atoms with van der Waals surface area (Å²) in [7, 11) is 0. The Labute approximate surface area is 171 Å². The van der Waals surface area contributed by atoms with Gasteiger partial charge in [-0.3, -0.25) is 15.6 Å². The van der Waals surface area contributed by atoms with Crippen molar-refractivity contribution in [3.05, 3.63) is 53.0 Å². The topological polar surface area (TPSA) is 80.6 Å². The van der Waals surface area contributed by atoms with Gasteiger partial charge in [-0.05, 0) is 18.2 Å². The van der Waals surface area contributed by atoms with Gasteiger partial charge < -0.3 is 9.64 Å². The van der Waals surface area contributed by atoms with E-state index in [-0.39, 0.29) is 5.91 Å². The third kappa shape index (κ3) is 4.46. The van der Waals surface area contributed by atoms with Gasteiger partial charge in [0.2, 0.25) is 5.95 Å². The second-order valence-electron chi connectivity index (χ2n) is 6.64. The molecule has 0 unspecified atom stereocenters. The Bertz CT molecular complexity index is 977. The van der Waals surface area contributed by atoms with Gasteiger partial charge in [-0.25, -0.2) is 9.97 Å². The van der Waals surface area contributed by atoms with Crippen LogP contribution in [-0.2, 0) is 9.53 Å². The number of rotatable bonds is 5. The SMILES string of the molecule is O=C(C[NH+]1CCOCC1)NNc1nc(-c2ccccc2)c2cc(Br)ccc2n1. The number of fused-ring (bicyclic) bond motifs is 1. The highest BCUT2D eigenvalue weighted by atomic mass is 79.9. The lowest BCUT2D eigenvalue weighted by molar-refractivity contribution is -0.900. The number of amides is 1. The van der Waals surface area contributed by atoms with Crippen LogP contribution in [0.25, 0.3) is 22.2 Å². The molecule has 0 atom stereocenters. The average molecular weight is 443 g/mol. The van der Waals surface area contributed by atoms with Gasteiger partial charge in [0.25, 0.3) is 5.91 Å². The van der Waals surface area contributed by atoms with Crippen molar-refractivity contribution in [1.29, 1.82) is 0 Å². The molecule has 0 aliphatic carbocycles. The second-order valence-corrected chi connectivity index (χ2v) is 7.55.